The molecule has 0 aliphatic rings. The van der Waals surface area contributed by atoms with E-state index in [1.165, 1.54) is 43.8 Å². The Morgan fingerprint density at radius 1 is 0.659 bits per heavy atom. The fourth-order valence-corrected chi connectivity index (χ4v) is 5.69. The zero-order valence-corrected chi connectivity index (χ0v) is 22.9. The van der Waals surface area contributed by atoms with Crippen LogP contribution in [0.1, 0.15) is 18.2 Å². The van der Waals surface area contributed by atoms with Gasteiger partial charge in [-0.3, -0.25) is 4.98 Å². The van der Waals surface area contributed by atoms with Gasteiger partial charge in [0, 0.05) is 33.3 Å². The minimum atomic E-state index is 0.883. The van der Waals surface area contributed by atoms with Gasteiger partial charge in [0.1, 0.15) is 0 Å². The van der Waals surface area contributed by atoms with Crippen LogP contribution in [-0.2, 0) is 0 Å². The number of hydrogen-bond acceptors (Lipinski definition) is 2. The van der Waals surface area contributed by atoms with Gasteiger partial charge in [0.05, 0.1) is 16.7 Å². The van der Waals surface area contributed by atoms with Gasteiger partial charge >= 0.3 is 0 Å². The van der Waals surface area contributed by atoms with E-state index in [0.717, 1.165) is 33.1 Å². The van der Waals surface area contributed by atoms with Crippen LogP contribution in [0.15, 0.2) is 146 Å². The van der Waals surface area contributed by atoms with Gasteiger partial charge in [0.2, 0.25) is 0 Å². The van der Waals surface area contributed by atoms with Crippen molar-refractivity contribution < 1.29 is 0 Å². The molecule has 5 aromatic carbocycles. The molecule has 7 rings (SSSR count). The average molecular weight is 525 g/mol. The van der Waals surface area contributed by atoms with Crippen molar-refractivity contribution in [3.05, 3.63) is 158 Å². The van der Waals surface area contributed by atoms with Crippen molar-refractivity contribution in [3.63, 3.8) is 0 Å². The molecule has 0 bridgehead atoms. The number of fused-ring (bicyclic) bond motifs is 6. The Bertz CT molecular complexity index is 2070. The zero-order valence-electron chi connectivity index (χ0n) is 22.9. The number of rotatable bonds is 5. The normalized spacial score (nSPS) is 12.2. The number of pyridine rings is 2. The predicted octanol–water partition coefficient (Wildman–Crippen LogP) is 10.4. The van der Waals surface area contributed by atoms with Crippen LogP contribution in [0.25, 0.3) is 65.6 Å². The second-order valence-corrected chi connectivity index (χ2v) is 10.4. The Hall–Kier alpha value is -5.34. The van der Waals surface area contributed by atoms with Gasteiger partial charge in [0.25, 0.3) is 0 Å². The summed E-state index contributed by atoms with van der Waals surface area (Å²) in [4.78, 5) is 9.72. The molecule has 41 heavy (non-hydrogen) atoms. The molecule has 0 aliphatic heterocycles. The molecule has 0 aliphatic carbocycles. The molecule has 2 heteroatoms. The van der Waals surface area contributed by atoms with Crippen molar-refractivity contribution in [2.45, 2.75) is 6.92 Å². The zero-order chi connectivity index (χ0) is 27.8. The monoisotopic (exact) mass is 524 g/mol. The van der Waals surface area contributed by atoms with Crippen LogP contribution < -0.4 is 0 Å². The van der Waals surface area contributed by atoms with E-state index in [0.29, 0.717) is 0 Å². The van der Waals surface area contributed by atoms with E-state index >= 15 is 0 Å². The van der Waals surface area contributed by atoms with Gasteiger partial charge in [-0.1, -0.05) is 122 Å². The molecule has 0 unspecified atom stereocenters. The van der Waals surface area contributed by atoms with Crippen molar-refractivity contribution in [1.29, 1.82) is 0 Å². The van der Waals surface area contributed by atoms with E-state index < -0.39 is 0 Å². The third kappa shape index (κ3) is 4.50. The Morgan fingerprint density at radius 3 is 1.98 bits per heavy atom. The molecule has 7 aromatic rings. The molecule has 2 heterocycles. The third-order valence-electron chi connectivity index (χ3n) is 7.81. The summed E-state index contributed by atoms with van der Waals surface area (Å²) in [6, 6.07) is 40.6. The van der Waals surface area contributed by atoms with Gasteiger partial charge < -0.3 is 0 Å². The second kappa shape index (κ2) is 10.3. The van der Waals surface area contributed by atoms with E-state index in [-0.39, 0.29) is 0 Å². The fraction of sp³-hybridized carbons (Fsp3) is 0.0256. The lowest BCUT2D eigenvalue weighted by molar-refractivity contribution is 1.28. The van der Waals surface area contributed by atoms with Crippen LogP contribution in [0, 0.1) is 0 Å². The van der Waals surface area contributed by atoms with E-state index in [2.05, 4.69) is 128 Å². The highest BCUT2D eigenvalue weighted by Gasteiger charge is 2.15. The predicted molar refractivity (Wildman–Crippen MR) is 176 cm³/mol. The van der Waals surface area contributed by atoms with Crippen LogP contribution in [0.4, 0.5) is 0 Å². The largest absolute Gasteiger partial charge is 0.256 e. The molecule has 0 N–H and O–H groups in total. The maximum atomic E-state index is 5.33. The first-order valence-electron chi connectivity index (χ1n) is 13.9. The smallest absolute Gasteiger partial charge is 0.0794 e. The van der Waals surface area contributed by atoms with Gasteiger partial charge in [-0.05, 0) is 58.2 Å². The number of benzene rings is 5. The first kappa shape index (κ1) is 24.7. The highest BCUT2D eigenvalue weighted by atomic mass is 14.7. The minimum Gasteiger partial charge on any atom is -0.256 e. The van der Waals surface area contributed by atoms with Crippen molar-refractivity contribution in [2.24, 2.45) is 0 Å². The first-order valence-corrected chi connectivity index (χ1v) is 13.9. The van der Waals surface area contributed by atoms with Crippen molar-refractivity contribution >= 4 is 54.5 Å². The highest BCUT2D eigenvalue weighted by molar-refractivity contribution is 6.21. The summed E-state index contributed by atoms with van der Waals surface area (Å²) in [5, 5.41) is 7.07. The van der Waals surface area contributed by atoms with Gasteiger partial charge in [0.15, 0.2) is 0 Å². The van der Waals surface area contributed by atoms with E-state index in [1.54, 1.807) is 6.20 Å². The van der Waals surface area contributed by atoms with Crippen LogP contribution in [-0.4, -0.2) is 9.97 Å². The van der Waals surface area contributed by atoms with Gasteiger partial charge in [-0.2, -0.15) is 0 Å². The molecule has 0 fully saturated rings. The maximum absolute atomic E-state index is 5.33. The molecule has 194 valence electrons. The Labute approximate surface area is 239 Å². The third-order valence-corrected chi connectivity index (χ3v) is 7.81. The van der Waals surface area contributed by atoms with E-state index in [9.17, 15) is 0 Å². The minimum absolute atomic E-state index is 0.883. The van der Waals surface area contributed by atoms with Gasteiger partial charge in [-0.25, -0.2) is 4.98 Å². The average Bonchev–Trinajstić information content (AvgIpc) is 3.04. The van der Waals surface area contributed by atoms with Crippen LogP contribution in [0.3, 0.4) is 0 Å². The van der Waals surface area contributed by atoms with Crippen LogP contribution >= 0.6 is 0 Å². The molecule has 2 aromatic heterocycles. The van der Waals surface area contributed by atoms with E-state index in [1.807, 2.05) is 24.3 Å². The summed E-state index contributed by atoms with van der Waals surface area (Å²) in [6.45, 7) is 6.31. The molecule has 2 nitrogen and oxygen atoms in total. The molecule has 0 saturated heterocycles. The van der Waals surface area contributed by atoms with Crippen molar-refractivity contribution in [1.82, 2.24) is 9.97 Å². The summed E-state index contributed by atoms with van der Waals surface area (Å²) in [6.07, 6.45) is 7.99. The molecule has 0 amide bonds. The van der Waals surface area contributed by atoms with Gasteiger partial charge in [-0.15, -0.1) is 0 Å². The molecule has 0 spiro atoms. The quantitative estimate of drug-likeness (QED) is 0.127. The second-order valence-electron chi connectivity index (χ2n) is 10.4. The molecule has 0 saturated carbocycles. The number of nitrogens with zero attached hydrogens (tertiary/aromatic N) is 2. The Balaban J connectivity index is 1.40. The van der Waals surface area contributed by atoms with E-state index in [4.69, 9.17) is 4.98 Å². The number of allylic oxidation sites excluding steroid dienone is 5. The lowest BCUT2D eigenvalue weighted by atomic mass is 9.91. The standard InChI is InChI=1S/C39H28N2/c1-26(11-9-12-27(2)36-19-7-8-24-40-36)30-15-10-16-31(25-30)37-34-22-20-28-13-3-5-17-32(28)38(34)41-39-33-18-6-4-14-29(33)21-23-35(37)39/h3-25H,2H2,1H3/b12-9-,26-11+. The Kier molecular flexibility index (Phi) is 6.22. The molecular formula is C39H28N2. The summed E-state index contributed by atoms with van der Waals surface area (Å²) in [7, 11) is 0. The molecule has 0 radical (unpaired) electrons. The Morgan fingerprint density at radius 2 is 1.32 bits per heavy atom. The van der Waals surface area contributed by atoms with Crippen molar-refractivity contribution in [3.8, 4) is 11.1 Å². The van der Waals surface area contributed by atoms with Crippen molar-refractivity contribution in [2.75, 3.05) is 0 Å². The van der Waals surface area contributed by atoms with Crippen LogP contribution in [0.5, 0.6) is 0 Å². The maximum Gasteiger partial charge on any atom is 0.0794 e. The summed E-state index contributed by atoms with van der Waals surface area (Å²) >= 11 is 0. The summed E-state index contributed by atoms with van der Waals surface area (Å²) in [5.74, 6) is 0. The first-order chi connectivity index (χ1) is 20.2. The summed E-state index contributed by atoms with van der Waals surface area (Å²) in [5.41, 5.74) is 8.60. The lowest BCUT2D eigenvalue weighted by Crippen LogP contribution is -1.92. The molecular weight excluding hydrogens is 496 g/mol. The SMILES string of the molecule is C=C(/C=C\C=C(/C)c1cccc(-c2c3ccc4ccccc4c3nc3c2ccc2ccccc23)c1)c1ccccn1. The summed E-state index contributed by atoms with van der Waals surface area (Å²) < 4.78 is 0. The number of hydrogen-bond donors (Lipinski definition) is 0. The highest BCUT2D eigenvalue weighted by Crippen LogP contribution is 2.40. The lowest BCUT2D eigenvalue weighted by Gasteiger charge is -2.15. The molecule has 0 atom stereocenters. The number of aromatic nitrogens is 2. The fourth-order valence-electron chi connectivity index (χ4n) is 5.69. The van der Waals surface area contributed by atoms with Crippen LogP contribution in [0.2, 0.25) is 0 Å². The topological polar surface area (TPSA) is 25.8 Å².